The summed E-state index contributed by atoms with van der Waals surface area (Å²) >= 11 is 0. The number of benzene rings is 1. The van der Waals surface area contributed by atoms with E-state index in [1.54, 1.807) is 7.11 Å². The fourth-order valence-corrected chi connectivity index (χ4v) is 1.67. The summed E-state index contributed by atoms with van der Waals surface area (Å²) in [6, 6.07) is 9.01. The topological polar surface area (TPSA) is 9.23 Å². The molecule has 15 heavy (non-hydrogen) atoms. The highest BCUT2D eigenvalue weighted by molar-refractivity contribution is 5.25. The predicted octanol–water partition coefficient (Wildman–Crippen LogP) is 3.78. The van der Waals surface area contributed by atoms with Gasteiger partial charge in [-0.15, -0.1) is 0 Å². The first-order valence-electron chi connectivity index (χ1n) is 5.85. The van der Waals surface area contributed by atoms with Gasteiger partial charge in [0.2, 0.25) is 0 Å². The Kier molecular flexibility index (Phi) is 5.41. The van der Waals surface area contributed by atoms with Gasteiger partial charge in [0.05, 0.1) is 0 Å². The third-order valence-corrected chi connectivity index (χ3v) is 2.98. The van der Waals surface area contributed by atoms with Crippen LogP contribution in [0.5, 0.6) is 0 Å². The van der Waals surface area contributed by atoms with Crippen LogP contribution in [-0.2, 0) is 11.2 Å². The molecule has 1 rings (SSSR count). The van der Waals surface area contributed by atoms with Crippen molar-refractivity contribution in [2.24, 2.45) is 0 Å². The van der Waals surface area contributed by atoms with Crippen LogP contribution in [0, 0.1) is 0 Å². The maximum Gasteiger partial charge on any atom is 0.0465 e. The summed E-state index contributed by atoms with van der Waals surface area (Å²) in [6.45, 7) is 5.37. The van der Waals surface area contributed by atoms with E-state index in [1.807, 2.05) is 0 Å². The Hall–Kier alpha value is -0.820. The van der Waals surface area contributed by atoms with Crippen molar-refractivity contribution < 1.29 is 4.74 Å². The molecule has 84 valence electrons. The van der Waals surface area contributed by atoms with Gasteiger partial charge in [-0.2, -0.15) is 0 Å². The van der Waals surface area contributed by atoms with Crippen molar-refractivity contribution in [2.45, 2.75) is 39.0 Å². The van der Waals surface area contributed by atoms with Gasteiger partial charge in [-0.05, 0) is 36.3 Å². The molecule has 0 spiro atoms. The van der Waals surface area contributed by atoms with Gasteiger partial charge < -0.3 is 4.74 Å². The first-order chi connectivity index (χ1) is 7.27. The summed E-state index contributed by atoms with van der Waals surface area (Å²) < 4.78 is 5.04. The maximum atomic E-state index is 5.04. The SMILES string of the molecule is CCC(C)c1ccc(CCCOC)cc1. The highest BCUT2D eigenvalue weighted by Crippen LogP contribution is 2.19. The van der Waals surface area contributed by atoms with Crippen LogP contribution in [0.15, 0.2) is 24.3 Å². The van der Waals surface area contributed by atoms with Crippen LogP contribution >= 0.6 is 0 Å². The van der Waals surface area contributed by atoms with Crippen molar-refractivity contribution in [3.8, 4) is 0 Å². The normalized spacial score (nSPS) is 12.7. The standard InChI is InChI=1S/C14H22O/c1-4-12(2)14-9-7-13(8-10-14)6-5-11-15-3/h7-10,12H,4-6,11H2,1-3H3. The van der Waals surface area contributed by atoms with Crippen LogP contribution in [0.4, 0.5) is 0 Å². The van der Waals surface area contributed by atoms with Gasteiger partial charge in [-0.25, -0.2) is 0 Å². The second-order valence-corrected chi connectivity index (χ2v) is 4.15. The molecule has 1 nitrogen and oxygen atoms in total. The predicted molar refractivity (Wildman–Crippen MR) is 65.3 cm³/mol. The summed E-state index contributed by atoms with van der Waals surface area (Å²) in [6.07, 6.45) is 3.44. The minimum absolute atomic E-state index is 0.679. The summed E-state index contributed by atoms with van der Waals surface area (Å²) in [5.74, 6) is 0.679. The van der Waals surface area contributed by atoms with Gasteiger partial charge in [0, 0.05) is 13.7 Å². The van der Waals surface area contributed by atoms with Crippen molar-refractivity contribution in [1.82, 2.24) is 0 Å². The highest BCUT2D eigenvalue weighted by Gasteiger charge is 2.01. The Morgan fingerprint density at radius 1 is 1.20 bits per heavy atom. The molecular formula is C14H22O. The molecule has 0 N–H and O–H groups in total. The van der Waals surface area contributed by atoms with E-state index in [4.69, 9.17) is 4.74 Å². The van der Waals surface area contributed by atoms with Gasteiger partial charge in [0.25, 0.3) is 0 Å². The summed E-state index contributed by atoms with van der Waals surface area (Å²) in [4.78, 5) is 0. The van der Waals surface area contributed by atoms with E-state index in [0.717, 1.165) is 19.4 Å². The minimum atomic E-state index is 0.679. The molecular weight excluding hydrogens is 184 g/mol. The second kappa shape index (κ2) is 6.62. The summed E-state index contributed by atoms with van der Waals surface area (Å²) in [5, 5.41) is 0. The van der Waals surface area contributed by atoms with Crippen LogP contribution in [0.1, 0.15) is 43.7 Å². The molecule has 0 aliphatic carbocycles. The number of hydrogen-bond donors (Lipinski definition) is 0. The number of ether oxygens (including phenoxy) is 1. The third-order valence-electron chi connectivity index (χ3n) is 2.98. The zero-order valence-corrected chi connectivity index (χ0v) is 10.1. The maximum absolute atomic E-state index is 5.04. The zero-order valence-electron chi connectivity index (χ0n) is 10.1. The van der Waals surface area contributed by atoms with Gasteiger partial charge >= 0.3 is 0 Å². The average molecular weight is 206 g/mol. The molecule has 0 fully saturated rings. The molecule has 0 bridgehead atoms. The number of rotatable bonds is 6. The number of aryl methyl sites for hydroxylation is 1. The van der Waals surface area contributed by atoms with Crippen LogP contribution in [0.2, 0.25) is 0 Å². The summed E-state index contributed by atoms with van der Waals surface area (Å²) in [7, 11) is 1.76. The van der Waals surface area contributed by atoms with Crippen LogP contribution in [0.25, 0.3) is 0 Å². The van der Waals surface area contributed by atoms with Crippen LogP contribution < -0.4 is 0 Å². The first-order valence-corrected chi connectivity index (χ1v) is 5.85. The molecule has 1 atom stereocenters. The Balaban J connectivity index is 2.49. The fraction of sp³-hybridized carbons (Fsp3) is 0.571. The van der Waals surface area contributed by atoms with E-state index in [0.29, 0.717) is 5.92 Å². The molecule has 1 heteroatoms. The average Bonchev–Trinajstić information content (AvgIpc) is 2.29. The van der Waals surface area contributed by atoms with Crippen molar-refractivity contribution in [3.05, 3.63) is 35.4 Å². The lowest BCUT2D eigenvalue weighted by molar-refractivity contribution is 0.195. The van der Waals surface area contributed by atoms with Crippen LogP contribution in [-0.4, -0.2) is 13.7 Å². The molecule has 0 saturated carbocycles. The third kappa shape index (κ3) is 4.05. The molecule has 0 saturated heterocycles. The second-order valence-electron chi connectivity index (χ2n) is 4.15. The molecule has 1 unspecified atom stereocenters. The van der Waals surface area contributed by atoms with Crippen molar-refractivity contribution in [1.29, 1.82) is 0 Å². The summed E-state index contributed by atoms with van der Waals surface area (Å²) in [5.41, 5.74) is 2.87. The van der Waals surface area contributed by atoms with E-state index < -0.39 is 0 Å². The van der Waals surface area contributed by atoms with Crippen molar-refractivity contribution in [3.63, 3.8) is 0 Å². The van der Waals surface area contributed by atoms with Gasteiger partial charge in [0.15, 0.2) is 0 Å². The van der Waals surface area contributed by atoms with Crippen LogP contribution in [0.3, 0.4) is 0 Å². The lowest BCUT2D eigenvalue weighted by Crippen LogP contribution is -1.94. The monoisotopic (exact) mass is 206 g/mol. The Bertz CT molecular complexity index is 263. The number of hydrogen-bond acceptors (Lipinski definition) is 1. The first kappa shape index (κ1) is 12.3. The quantitative estimate of drug-likeness (QED) is 0.644. The molecule has 0 aliphatic rings. The van der Waals surface area contributed by atoms with Gasteiger partial charge in [0.1, 0.15) is 0 Å². The lowest BCUT2D eigenvalue weighted by atomic mass is 9.97. The molecule has 0 aliphatic heterocycles. The largest absolute Gasteiger partial charge is 0.385 e. The Morgan fingerprint density at radius 3 is 2.40 bits per heavy atom. The van der Waals surface area contributed by atoms with Gasteiger partial charge in [-0.3, -0.25) is 0 Å². The zero-order chi connectivity index (χ0) is 11.1. The Morgan fingerprint density at radius 2 is 1.87 bits per heavy atom. The molecule has 0 radical (unpaired) electrons. The van der Waals surface area contributed by atoms with E-state index >= 15 is 0 Å². The van der Waals surface area contributed by atoms with E-state index in [-0.39, 0.29) is 0 Å². The van der Waals surface area contributed by atoms with E-state index in [2.05, 4.69) is 38.1 Å². The molecule has 0 aromatic heterocycles. The van der Waals surface area contributed by atoms with E-state index in [9.17, 15) is 0 Å². The molecule has 0 heterocycles. The molecule has 1 aromatic carbocycles. The fourth-order valence-electron chi connectivity index (χ4n) is 1.67. The highest BCUT2D eigenvalue weighted by atomic mass is 16.5. The lowest BCUT2D eigenvalue weighted by Gasteiger charge is -2.09. The number of methoxy groups -OCH3 is 1. The van der Waals surface area contributed by atoms with Crippen molar-refractivity contribution in [2.75, 3.05) is 13.7 Å². The van der Waals surface area contributed by atoms with Gasteiger partial charge in [-0.1, -0.05) is 38.1 Å². The smallest absolute Gasteiger partial charge is 0.0465 e. The molecule has 0 amide bonds. The van der Waals surface area contributed by atoms with E-state index in [1.165, 1.54) is 17.5 Å². The van der Waals surface area contributed by atoms with Crippen molar-refractivity contribution >= 4 is 0 Å². The minimum Gasteiger partial charge on any atom is -0.385 e. The molecule has 1 aromatic rings. The Labute approximate surface area is 93.5 Å².